The van der Waals surface area contributed by atoms with Gasteiger partial charge in [-0.1, -0.05) is 6.42 Å². The van der Waals surface area contributed by atoms with Crippen LogP contribution < -0.4 is 5.73 Å². The number of aromatic nitrogens is 2. The van der Waals surface area contributed by atoms with Gasteiger partial charge < -0.3 is 5.73 Å². The Kier molecular flexibility index (Phi) is 5.04. The van der Waals surface area contributed by atoms with Gasteiger partial charge in [-0.3, -0.25) is 4.68 Å². The first kappa shape index (κ1) is 11.6. The van der Waals surface area contributed by atoms with Gasteiger partial charge in [-0.2, -0.15) is 5.10 Å². The first-order valence-corrected chi connectivity index (χ1v) is 6.04. The second kappa shape index (κ2) is 6.09. The highest BCUT2D eigenvalue weighted by Crippen LogP contribution is 2.18. The van der Waals surface area contributed by atoms with Gasteiger partial charge in [0.15, 0.2) is 0 Å². The van der Waals surface area contributed by atoms with Crippen molar-refractivity contribution in [2.45, 2.75) is 37.1 Å². The fourth-order valence-corrected chi connectivity index (χ4v) is 2.16. The minimum Gasteiger partial charge on any atom is -0.328 e. The van der Waals surface area contributed by atoms with Gasteiger partial charge in [0, 0.05) is 24.2 Å². The zero-order valence-electron chi connectivity index (χ0n) is 8.94. The Morgan fingerprint density at radius 2 is 2.36 bits per heavy atom. The fraction of sp³-hybridized carbons (Fsp3) is 0.700. The second-order valence-electron chi connectivity index (χ2n) is 3.67. The lowest BCUT2D eigenvalue weighted by Gasteiger charge is -2.03. The van der Waals surface area contributed by atoms with Crippen molar-refractivity contribution in [3.05, 3.63) is 12.4 Å². The molecule has 0 saturated heterocycles. The number of nitrogens with two attached hydrogens (primary N) is 1. The van der Waals surface area contributed by atoms with Crippen molar-refractivity contribution in [2.24, 2.45) is 12.8 Å². The van der Waals surface area contributed by atoms with Crippen molar-refractivity contribution in [1.29, 1.82) is 0 Å². The van der Waals surface area contributed by atoms with Crippen LogP contribution in [0.15, 0.2) is 17.3 Å². The zero-order chi connectivity index (χ0) is 10.4. The number of hydrogen-bond acceptors (Lipinski definition) is 3. The average Bonchev–Trinajstić information content (AvgIpc) is 2.50. The Morgan fingerprint density at radius 1 is 1.57 bits per heavy atom. The summed E-state index contributed by atoms with van der Waals surface area (Å²) in [7, 11) is 1.94. The normalized spacial score (nSPS) is 13.1. The van der Waals surface area contributed by atoms with Crippen LogP contribution in [0.4, 0.5) is 0 Å². The lowest BCUT2D eigenvalue weighted by atomic mass is 10.2. The van der Waals surface area contributed by atoms with Crippen LogP contribution in [0.2, 0.25) is 0 Å². The van der Waals surface area contributed by atoms with Crippen LogP contribution in [0.3, 0.4) is 0 Å². The molecule has 80 valence electrons. The summed E-state index contributed by atoms with van der Waals surface area (Å²) < 4.78 is 1.84. The SMILES string of the molecule is CC(N)CCCCSc1cnn(C)c1. The van der Waals surface area contributed by atoms with E-state index < -0.39 is 0 Å². The molecule has 0 saturated carbocycles. The van der Waals surface area contributed by atoms with Crippen molar-refractivity contribution in [2.75, 3.05) is 5.75 Å². The van der Waals surface area contributed by atoms with Crippen molar-refractivity contribution in [3.8, 4) is 0 Å². The maximum absolute atomic E-state index is 5.67. The van der Waals surface area contributed by atoms with Crippen molar-refractivity contribution < 1.29 is 0 Å². The standard InChI is InChI=1S/C10H19N3S/c1-9(11)5-3-4-6-14-10-7-12-13(2)8-10/h7-9H,3-6,11H2,1-2H3. The topological polar surface area (TPSA) is 43.8 Å². The summed E-state index contributed by atoms with van der Waals surface area (Å²) >= 11 is 1.87. The van der Waals surface area contributed by atoms with E-state index in [2.05, 4.69) is 18.2 Å². The highest BCUT2D eigenvalue weighted by Gasteiger charge is 1.97. The molecule has 0 aliphatic carbocycles. The van der Waals surface area contributed by atoms with Crippen LogP contribution in [0, 0.1) is 0 Å². The largest absolute Gasteiger partial charge is 0.328 e. The molecule has 14 heavy (non-hydrogen) atoms. The lowest BCUT2D eigenvalue weighted by Crippen LogP contribution is -2.13. The molecule has 0 spiro atoms. The quantitative estimate of drug-likeness (QED) is 0.581. The third kappa shape index (κ3) is 4.67. The molecule has 1 atom stereocenters. The molecular weight excluding hydrogens is 194 g/mol. The van der Waals surface area contributed by atoms with Crippen LogP contribution in [-0.2, 0) is 7.05 Å². The molecule has 4 heteroatoms. The minimum absolute atomic E-state index is 0.346. The number of hydrogen-bond donors (Lipinski definition) is 1. The smallest absolute Gasteiger partial charge is 0.0625 e. The van der Waals surface area contributed by atoms with Gasteiger partial charge in [0.2, 0.25) is 0 Å². The summed E-state index contributed by atoms with van der Waals surface area (Å²) in [5.41, 5.74) is 5.67. The predicted octanol–water partition coefficient (Wildman–Crippen LogP) is 2.03. The first-order valence-electron chi connectivity index (χ1n) is 5.05. The summed E-state index contributed by atoms with van der Waals surface area (Å²) in [6.07, 6.45) is 7.56. The molecule has 3 nitrogen and oxygen atoms in total. The number of thioether (sulfide) groups is 1. The van der Waals surface area contributed by atoms with Crippen LogP contribution in [0.5, 0.6) is 0 Å². The van der Waals surface area contributed by atoms with E-state index in [4.69, 9.17) is 5.73 Å². The van der Waals surface area contributed by atoms with Gasteiger partial charge in [-0.15, -0.1) is 11.8 Å². The third-order valence-corrected chi connectivity index (χ3v) is 3.04. The van der Waals surface area contributed by atoms with E-state index in [1.807, 2.05) is 29.7 Å². The van der Waals surface area contributed by atoms with Gasteiger partial charge in [0.05, 0.1) is 6.20 Å². The van der Waals surface area contributed by atoms with E-state index >= 15 is 0 Å². The molecule has 0 aliphatic heterocycles. The molecule has 1 heterocycles. The van der Waals surface area contributed by atoms with Crippen molar-refractivity contribution in [1.82, 2.24) is 9.78 Å². The van der Waals surface area contributed by atoms with E-state index in [-0.39, 0.29) is 0 Å². The molecule has 0 fully saturated rings. The molecule has 0 aliphatic rings. The molecule has 2 N–H and O–H groups in total. The predicted molar refractivity (Wildman–Crippen MR) is 61.4 cm³/mol. The Hall–Kier alpha value is -0.480. The highest BCUT2D eigenvalue weighted by molar-refractivity contribution is 7.99. The maximum atomic E-state index is 5.67. The summed E-state index contributed by atoms with van der Waals surface area (Å²) in [5, 5.41) is 4.12. The number of unbranched alkanes of at least 4 members (excludes halogenated alkanes) is 1. The number of aryl methyl sites for hydroxylation is 1. The molecular formula is C10H19N3S. The van der Waals surface area contributed by atoms with E-state index in [1.165, 1.54) is 23.5 Å². The first-order chi connectivity index (χ1) is 6.68. The molecule has 0 radical (unpaired) electrons. The maximum Gasteiger partial charge on any atom is 0.0625 e. The van der Waals surface area contributed by atoms with E-state index in [0.717, 1.165) is 6.42 Å². The second-order valence-corrected chi connectivity index (χ2v) is 4.84. The average molecular weight is 213 g/mol. The Bertz CT molecular complexity index is 258. The van der Waals surface area contributed by atoms with Crippen LogP contribution >= 0.6 is 11.8 Å². The number of nitrogens with zero attached hydrogens (tertiary/aromatic N) is 2. The minimum atomic E-state index is 0.346. The van der Waals surface area contributed by atoms with Gasteiger partial charge in [0.25, 0.3) is 0 Å². The summed E-state index contributed by atoms with van der Waals surface area (Å²) in [6, 6.07) is 0.346. The lowest BCUT2D eigenvalue weighted by molar-refractivity contribution is 0.618. The van der Waals surface area contributed by atoms with Gasteiger partial charge in [-0.05, 0) is 25.5 Å². The summed E-state index contributed by atoms with van der Waals surface area (Å²) in [4.78, 5) is 1.26. The fourth-order valence-electron chi connectivity index (χ4n) is 1.23. The molecule has 1 aromatic heterocycles. The van der Waals surface area contributed by atoms with Crippen LogP contribution in [-0.4, -0.2) is 21.6 Å². The zero-order valence-corrected chi connectivity index (χ0v) is 9.76. The third-order valence-electron chi connectivity index (χ3n) is 2.00. The Morgan fingerprint density at radius 3 is 2.93 bits per heavy atom. The van der Waals surface area contributed by atoms with Crippen molar-refractivity contribution in [3.63, 3.8) is 0 Å². The van der Waals surface area contributed by atoms with Gasteiger partial charge in [-0.25, -0.2) is 0 Å². The van der Waals surface area contributed by atoms with E-state index in [1.54, 1.807) is 0 Å². The van der Waals surface area contributed by atoms with E-state index in [0.29, 0.717) is 6.04 Å². The molecule has 1 rings (SSSR count). The molecule has 1 unspecified atom stereocenters. The molecule has 0 amide bonds. The highest BCUT2D eigenvalue weighted by atomic mass is 32.2. The molecule has 0 aromatic carbocycles. The van der Waals surface area contributed by atoms with E-state index in [9.17, 15) is 0 Å². The monoisotopic (exact) mass is 213 g/mol. The Balaban J connectivity index is 2.04. The Labute approximate surface area is 90.1 Å². The van der Waals surface area contributed by atoms with Gasteiger partial charge in [0.1, 0.15) is 0 Å². The molecule has 1 aromatic rings. The van der Waals surface area contributed by atoms with Crippen LogP contribution in [0.25, 0.3) is 0 Å². The summed E-state index contributed by atoms with van der Waals surface area (Å²) in [5.74, 6) is 1.17. The van der Waals surface area contributed by atoms with Crippen molar-refractivity contribution >= 4 is 11.8 Å². The van der Waals surface area contributed by atoms with Crippen LogP contribution in [0.1, 0.15) is 26.2 Å². The summed E-state index contributed by atoms with van der Waals surface area (Å²) in [6.45, 7) is 2.06. The van der Waals surface area contributed by atoms with Gasteiger partial charge >= 0.3 is 0 Å². The number of rotatable bonds is 6. The molecule has 0 bridgehead atoms.